The van der Waals surface area contributed by atoms with Gasteiger partial charge in [0, 0.05) is 5.54 Å². The standard InChI is InChI=1S/C13H20ClN3O3S/c1-8(12(18)16-13(2,3)4)17-21(19,20)9-5-6-10(14)11(15)7-9/h5-8,17H,15H2,1-4H3,(H,16,18). The molecule has 0 aliphatic heterocycles. The molecule has 0 saturated heterocycles. The molecule has 0 aromatic heterocycles. The van der Waals surface area contributed by atoms with E-state index in [4.69, 9.17) is 17.3 Å². The molecule has 1 atom stereocenters. The molecule has 0 aliphatic carbocycles. The summed E-state index contributed by atoms with van der Waals surface area (Å²) in [6, 6.07) is 3.06. The third-order valence-electron chi connectivity index (χ3n) is 2.50. The molecule has 1 unspecified atom stereocenters. The third kappa shape index (κ3) is 5.18. The molecule has 21 heavy (non-hydrogen) atoms. The van der Waals surface area contributed by atoms with Crippen molar-refractivity contribution in [3.05, 3.63) is 23.2 Å². The highest BCUT2D eigenvalue weighted by molar-refractivity contribution is 7.89. The Hall–Kier alpha value is -1.31. The summed E-state index contributed by atoms with van der Waals surface area (Å²) in [6.45, 7) is 6.90. The lowest BCUT2D eigenvalue weighted by Gasteiger charge is -2.23. The summed E-state index contributed by atoms with van der Waals surface area (Å²) in [5.41, 5.74) is 5.30. The van der Waals surface area contributed by atoms with Gasteiger partial charge in [-0.1, -0.05) is 11.6 Å². The first kappa shape index (κ1) is 17.7. The van der Waals surface area contributed by atoms with Gasteiger partial charge >= 0.3 is 0 Å². The monoisotopic (exact) mass is 333 g/mol. The second-order valence-electron chi connectivity index (χ2n) is 5.77. The summed E-state index contributed by atoms with van der Waals surface area (Å²) >= 11 is 5.76. The lowest BCUT2D eigenvalue weighted by atomic mass is 10.1. The van der Waals surface area contributed by atoms with Gasteiger partial charge in [0.25, 0.3) is 0 Å². The topological polar surface area (TPSA) is 101 Å². The van der Waals surface area contributed by atoms with Crippen LogP contribution in [0.2, 0.25) is 5.02 Å². The van der Waals surface area contributed by atoms with Gasteiger partial charge in [0.05, 0.1) is 21.6 Å². The van der Waals surface area contributed by atoms with Crippen molar-refractivity contribution in [2.75, 3.05) is 5.73 Å². The Balaban J connectivity index is 2.89. The first-order chi connectivity index (χ1) is 9.42. The zero-order chi connectivity index (χ0) is 16.4. The molecule has 1 aromatic carbocycles. The van der Waals surface area contributed by atoms with E-state index in [1.807, 2.05) is 20.8 Å². The van der Waals surface area contributed by atoms with Gasteiger partial charge in [-0.2, -0.15) is 4.72 Å². The number of nitrogens with one attached hydrogen (secondary N) is 2. The minimum atomic E-state index is -3.85. The molecule has 0 radical (unpaired) electrons. The number of carbonyl (C=O) groups excluding carboxylic acids is 1. The van der Waals surface area contributed by atoms with Crippen LogP contribution in [0.4, 0.5) is 5.69 Å². The molecule has 118 valence electrons. The molecule has 0 aliphatic rings. The van der Waals surface area contributed by atoms with Gasteiger partial charge in [0.1, 0.15) is 0 Å². The van der Waals surface area contributed by atoms with Crippen LogP contribution in [0.5, 0.6) is 0 Å². The highest BCUT2D eigenvalue weighted by atomic mass is 35.5. The fraction of sp³-hybridized carbons (Fsp3) is 0.462. The number of halogens is 1. The molecule has 6 nitrogen and oxygen atoms in total. The lowest BCUT2D eigenvalue weighted by Crippen LogP contribution is -2.50. The predicted molar refractivity (Wildman–Crippen MR) is 83.5 cm³/mol. The van der Waals surface area contributed by atoms with Crippen molar-refractivity contribution in [2.24, 2.45) is 0 Å². The Morgan fingerprint density at radius 3 is 2.38 bits per heavy atom. The van der Waals surface area contributed by atoms with Crippen LogP contribution in [0.15, 0.2) is 23.1 Å². The minimum absolute atomic E-state index is 0.0418. The van der Waals surface area contributed by atoms with E-state index in [9.17, 15) is 13.2 Å². The van der Waals surface area contributed by atoms with Crippen LogP contribution in [0, 0.1) is 0 Å². The van der Waals surface area contributed by atoms with Crippen molar-refractivity contribution in [3.63, 3.8) is 0 Å². The highest BCUT2D eigenvalue weighted by Gasteiger charge is 2.24. The predicted octanol–water partition coefficient (Wildman–Crippen LogP) is 1.50. The Morgan fingerprint density at radius 1 is 1.33 bits per heavy atom. The number of rotatable bonds is 4. The van der Waals surface area contributed by atoms with Crippen molar-refractivity contribution >= 4 is 33.2 Å². The summed E-state index contributed by atoms with van der Waals surface area (Å²) < 4.78 is 26.7. The van der Waals surface area contributed by atoms with Crippen molar-refractivity contribution < 1.29 is 13.2 Å². The van der Waals surface area contributed by atoms with E-state index in [0.717, 1.165) is 0 Å². The van der Waals surface area contributed by atoms with Gasteiger partial charge in [-0.3, -0.25) is 4.79 Å². The van der Waals surface area contributed by atoms with Gasteiger partial charge < -0.3 is 11.1 Å². The Labute approximate surface area is 130 Å². The number of hydrogen-bond acceptors (Lipinski definition) is 4. The van der Waals surface area contributed by atoms with Crippen LogP contribution in [-0.2, 0) is 14.8 Å². The molecule has 1 rings (SSSR count). The minimum Gasteiger partial charge on any atom is -0.397 e. The molecule has 1 amide bonds. The normalized spacial score (nSPS) is 13.8. The number of amides is 1. The van der Waals surface area contributed by atoms with Gasteiger partial charge in [0.2, 0.25) is 15.9 Å². The maximum atomic E-state index is 12.2. The number of sulfonamides is 1. The first-order valence-electron chi connectivity index (χ1n) is 6.32. The maximum absolute atomic E-state index is 12.2. The smallest absolute Gasteiger partial charge is 0.241 e. The highest BCUT2D eigenvalue weighted by Crippen LogP contribution is 2.22. The van der Waals surface area contributed by atoms with Crippen LogP contribution in [0.25, 0.3) is 0 Å². The summed E-state index contributed by atoms with van der Waals surface area (Å²) in [5, 5.41) is 2.97. The zero-order valence-corrected chi connectivity index (χ0v) is 14.0. The fourth-order valence-corrected chi connectivity index (χ4v) is 2.88. The summed E-state index contributed by atoms with van der Waals surface area (Å²) in [7, 11) is -3.85. The molecular weight excluding hydrogens is 314 g/mol. The molecule has 0 spiro atoms. The van der Waals surface area contributed by atoms with Crippen molar-refractivity contribution in [1.82, 2.24) is 10.0 Å². The summed E-state index contributed by atoms with van der Waals surface area (Å²) in [4.78, 5) is 11.9. The largest absolute Gasteiger partial charge is 0.397 e. The second-order valence-corrected chi connectivity index (χ2v) is 7.89. The molecule has 4 N–H and O–H groups in total. The average Bonchev–Trinajstić information content (AvgIpc) is 2.29. The number of nitrogen functional groups attached to an aromatic ring is 1. The zero-order valence-electron chi connectivity index (χ0n) is 12.4. The Bertz CT molecular complexity index is 639. The Kier molecular flexibility index (Phi) is 5.25. The summed E-state index contributed by atoms with van der Waals surface area (Å²) in [6.07, 6.45) is 0. The van der Waals surface area contributed by atoms with Crippen molar-refractivity contribution in [1.29, 1.82) is 0 Å². The van der Waals surface area contributed by atoms with Gasteiger partial charge in [-0.25, -0.2) is 8.42 Å². The van der Waals surface area contributed by atoms with Crippen LogP contribution >= 0.6 is 11.6 Å². The molecule has 0 fully saturated rings. The van der Waals surface area contributed by atoms with Crippen LogP contribution in [0.1, 0.15) is 27.7 Å². The van der Waals surface area contributed by atoms with E-state index in [2.05, 4.69) is 10.0 Å². The van der Waals surface area contributed by atoms with Crippen molar-refractivity contribution in [2.45, 2.75) is 44.2 Å². The summed E-state index contributed by atoms with van der Waals surface area (Å²) in [5.74, 6) is -0.409. The third-order valence-corrected chi connectivity index (χ3v) is 4.38. The van der Waals surface area contributed by atoms with E-state index < -0.39 is 27.5 Å². The Morgan fingerprint density at radius 2 is 1.90 bits per heavy atom. The second kappa shape index (κ2) is 6.21. The lowest BCUT2D eigenvalue weighted by molar-refractivity contribution is -0.123. The number of anilines is 1. The number of hydrogen-bond donors (Lipinski definition) is 3. The molecule has 0 bridgehead atoms. The maximum Gasteiger partial charge on any atom is 0.241 e. The average molecular weight is 334 g/mol. The number of carbonyl (C=O) groups is 1. The van der Waals surface area contributed by atoms with Gasteiger partial charge in [-0.05, 0) is 45.9 Å². The van der Waals surface area contributed by atoms with E-state index in [1.165, 1.54) is 25.1 Å². The van der Waals surface area contributed by atoms with E-state index in [-0.39, 0.29) is 15.6 Å². The quantitative estimate of drug-likeness (QED) is 0.727. The molecular formula is C13H20ClN3O3S. The SMILES string of the molecule is CC(NS(=O)(=O)c1ccc(Cl)c(N)c1)C(=O)NC(C)(C)C. The number of benzene rings is 1. The van der Waals surface area contributed by atoms with E-state index >= 15 is 0 Å². The van der Waals surface area contributed by atoms with Gasteiger partial charge in [0.15, 0.2) is 0 Å². The van der Waals surface area contributed by atoms with Crippen LogP contribution < -0.4 is 15.8 Å². The van der Waals surface area contributed by atoms with Crippen LogP contribution in [0.3, 0.4) is 0 Å². The van der Waals surface area contributed by atoms with E-state index in [1.54, 1.807) is 0 Å². The molecule has 0 heterocycles. The van der Waals surface area contributed by atoms with E-state index in [0.29, 0.717) is 0 Å². The molecule has 8 heteroatoms. The van der Waals surface area contributed by atoms with Gasteiger partial charge in [-0.15, -0.1) is 0 Å². The van der Waals surface area contributed by atoms with Crippen LogP contribution in [-0.4, -0.2) is 25.9 Å². The number of nitrogens with two attached hydrogens (primary N) is 1. The first-order valence-corrected chi connectivity index (χ1v) is 8.18. The molecule has 1 aromatic rings. The molecule has 0 saturated carbocycles. The van der Waals surface area contributed by atoms with Crippen molar-refractivity contribution in [3.8, 4) is 0 Å². The fourth-order valence-electron chi connectivity index (χ4n) is 1.52.